The third-order valence-corrected chi connectivity index (χ3v) is 3.85. The summed E-state index contributed by atoms with van der Waals surface area (Å²) in [5.74, 6) is -0.155. The van der Waals surface area contributed by atoms with Crippen molar-refractivity contribution in [3.05, 3.63) is 29.8 Å². The summed E-state index contributed by atoms with van der Waals surface area (Å²) in [5.41, 5.74) is -0.333. The fourth-order valence-corrected chi connectivity index (χ4v) is 2.85. The maximum atomic E-state index is 13.8. The SMILES string of the molecule is CCOC1(c2noc(-c3ccc(O)cc3F)n2)CCCC1. The van der Waals surface area contributed by atoms with Gasteiger partial charge in [0.2, 0.25) is 5.82 Å². The van der Waals surface area contributed by atoms with Gasteiger partial charge in [0.05, 0.1) is 5.56 Å². The Morgan fingerprint density at radius 1 is 1.38 bits per heavy atom. The number of nitrogens with zero attached hydrogens (tertiary/aromatic N) is 2. The molecule has 0 bridgehead atoms. The molecular formula is C15H17FN2O3. The number of rotatable bonds is 4. The molecule has 1 aromatic carbocycles. The van der Waals surface area contributed by atoms with Crippen molar-refractivity contribution < 1.29 is 18.8 Å². The number of benzene rings is 1. The minimum Gasteiger partial charge on any atom is -0.508 e. The quantitative estimate of drug-likeness (QED) is 0.935. The Hall–Kier alpha value is -1.95. The molecule has 0 amide bonds. The van der Waals surface area contributed by atoms with E-state index >= 15 is 0 Å². The van der Waals surface area contributed by atoms with Crippen molar-refractivity contribution in [2.24, 2.45) is 0 Å². The van der Waals surface area contributed by atoms with Crippen LogP contribution >= 0.6 is 0 Å². The molecule has 1 heterocycles. The van der Waals surface area contributed by atoms with Crippen LogP contribution in [0.2, 0.25) is 0 Å². The minimum atomic E-state index is -0.595. The second-order valence-electron chi connectivity index (χ2n) is 5.22. The van der Waals surface area contributed by atoms with E-state index < -0.39 is 11.4 Å². The molecule has 1 saturated carbocycles. The van der Waals surface area contributed by atoms with E-state index in [-0.39, 0.29) is 17.2 Å². The fourth-order valence-electron chi connectivity index (χ4n) is 2.85. The summed E-state index contributed by atoms with van der Waals surface area (Å²) in [7, 11) is 0. The number of aromatic hydroxyl groups is 1. The van der Waals surface area contributed by atoms with E-state index in [4.69, 9.17) is 9.26 Å². The molecule has 1 aromatic heterocycles. The fraction of sp³-hybridized carbons (Fsp3) is 0.467. The van der Waals surface area contributed by atoms with E-state index in [2.05, 4.69) is 10.1 Å². The number of halogens is 1. The molecular weight excluding hydrogens is 275 g/mol. The maximum Gasteiger partial charge on any atom is 0.261 e. The Kier molecular flexibility index (Phi) is 3.63. The van der Waals surface area contributed by atoms with Gasteiger partial charge in [-0.3, -0.25) is 0 Å². The van der Waals surface area contributed by atoms with Gasteiger partial charge in [0, 0.05) is 12.7 Å². The molecule has 112 valence electrons. The van der Waals surface area contributed by atoms with E-state index in [0.717, 1.165) is 31.7 Å². The van der Waals surface area contributed by atoms with E-state index in [1.54, 1.807) is 0 Å². The zero-order valence-corrected chi connectivity index (χ0v) is 11.8. The van der Waals surface area contributed by atoms with E-state index in [1.165, 1.54) is 12.1 Å². The highest BCUT2D eigenvalue weighted by Crippen LogP contribution is 2.41. The average molecular weight is 292 g/mol. The summed E-state index contributed by atoms with van der Waals surface area (Å²) in [4.78, 5) is 4.32. The Balaban J connectivity index is 1.95. The van der Waals surface area contributed by atoms with Crippen LogP contribution in [0.3, 0.4) is 0 Å². The van der Waals surface area contributed by atoms with E-state index in [9.17, 15) is 9.50 Å². The highest BCUT2D eigenvalue weighted by Gasteiger charge is 2.41. The van der Waals surface area contributed by atoms with Gasteiger partial charge in [0.25, 0.3) is 5.89 Å². The van der Waals surface area contributed by atoms with Gasteiger partial charge in [-0.25, -0.2) is 4.39 Å². The Morgan fingerprint density at radius 3 is 2.81 bits per heavy atom. The lowest BCUT2D eigenvalue weighted by molar-refractivity contribution is -0.0469. The lowest BCUT2D eigenvalue weighted by Gasteiger charge is -2.24. The van der Waals surface area contributed by atoms with Gasteiger partial charge < -0.3 is 14.4 Å². The van der Waals surface area contributed by atoms with Crippen molar-refractivity contribution in [2.75, 3.05) is 6.61 Å². The lowest BCUT2D eigenvalue weighted by Crippen LogP contribution is -2.27. The molecule has 1 fully saturated rings. The first-order valence-electron chi connectivity index (χ1n) is 7.12. The van der Waals surface area contributed by atoms with Gasteiger partial charge in [-0.1, -0.05) is 5.16 Å². The van der Waals surface area contributed by atoms with Gasteiger partial charge in [0.1, 0.15) is 17.2 Å². The smallest absolute Gasteiger partial charge is 0.261 e. The van der Waals surface area contributed by atoms with Crippen LogP contribution < -0.4 is 0 Å². The van der Waals surface area contributed by atoms with Gasteiger partial charge in [0.15, 0.2) is 0 Å². The van der Waals surface area contributed by atoms with Crippen LogP contribution in [0, 0.1) is 5.82 Å². The maximum absolute atomic E-state index is 13.8. The number of hydrogen-bond acceptors (Lipinski definition) is 5. The van der Waals surface area contributed by atoms with Crippen LogP contribution in [0.4, 0.5) is 4.39 Å². The predicted octanol–water partition coefficient (Wildman–Crippen LogP) is 3.39. The van der Waals surface area contributed by atoms with E-state index in [0.29, 0.717) is 12.4 Å². The highest BCUT2D eigenvalue weighted by molar-refractivity contribution is 5.55. The molecule has 5 nitrogen and oxygen atoms in total. The highest BCUT2D eigenvalue weighted by atomic mass is 19.1. The first kappa shape index (κ1) is 14.0. The molecule has 1 aliphatic carbocycles. The molecule has 0 aliphatic heterocycles. The van der Waals surface area contributed by atoms with Crippen LogP contribution in [-0.2, 0) is 10.3 Å². The molecule has 0 unspecified atom stereocenters. The summed E-state index contributed by atoms with van der Waals surface area (Å²) in [5, 5.41) is 13.2. The molecule has 0 radical (unpaired) electrons. The topological polar surface area (TPSA) is 68.4 Å². The van der Waals surface area contributed by atoms with Gasteiger partial charge in [-0.05, 0) is 44.7 Å². The number of ether oxygens (including phenoxy) is 1. The van der Waals surface area contributed by atoms with Crippen LogP contribution in [0.25, 0.3) is 11.5 Å². The molecule has 0 atom stereocenters. The Bertz CT molecular complexity index is 636. The molecule has 6 heteroatoms. The van der Waals surface area contributed by atoms with Gasteiger partial charge >= 0.3 is 0 Å². The largest absolute Gasteiger partial charge is 0.508 e. The Labute approximate surface area is 121 Å². The van der Waals surface area contributed by atoms with Crippen LogP contribution in [0.15, 0.2) is 22.7 Å². The summed E-state index contributed by atoms with van der Waals surface area (Å²) >= 11 is 0. The standard InChI is InChI=1S/C15H17FN2O3/c1-2-20-15(7-3-4-8-15)14-17-13(21-18-14)11-6-5-10(19)9-12(11)16/h5-6,9,19H,2-4,7-8H2,1H3. The molecule has 21 heavy (non-hydrogen) atoms. The molecule has 1 aliphatic rings. The number of phenols is 1. The Morgan fingerprint density at radius 2 is 2.14 bits per heavy atom. The summed E-state index contributed by atoms with van der Waals surface area (Å²) in [6.45, 7) is 2.50. The zero-order chi connectivity index (χ0) is 14.9. The summed E-state index contributed by atoms with van der Waals surface area (Å²) < 4.78 is 24.9. The second kappa shape index (κ2) is 5.44. The monoisotopic (exact) mass is 292 g/mol. The normalized spacial score (nSPS) is 17.2. The molecule has 1 N–H and O–H groups in total. The number of aromatic nitrogens is 2. The van der Waals surface area contributed by atoms with Crippen molar-refractivity contribution in [1.82, 2.24) is 10.1 Å². The van der Waals surface area contributed by atoms with E-state index in [1.807, 2.05) is 6.92 Å². The summed E-state index contributed by atoms with van der Waals surface area (Å²) in [6, 6.07) is 3.83. The molecule has 0 spiro atoms. The van der Waals surface area contributed by atoms with Crippen LogP contribution in [-0.4, -0.2) is 21.9 Å². The first-order valence-corrected chi connectivity index (χ1v) is 7.12. The third-order valence-electron chi connectivity index (χ3n) is 3.85. The zero-order valence-electron chi connectivity index (χ0n) is 11.8. The van der Waals surface area contributed by atoms with Crippen molar-refractivity contribution in [3.63, 3.8) is 0 Å². The molecule has 2 aromatic rings. The number of hydrogen-bond donors (Lipinski definition) is 1. The van der Waals surface area contributed by atoms with Gasteiger partial charge in [-0.2, -0.15) is 4.98 Å². The minimum absolute atomic E-state index is 0.105. The van der Waals surface area contributed by atoms with Crippen LogP contribution in [0.5, 0.6) is 5.75 Å². The second-order valence-corrected chi connectivity index (χ2v) is 5.22. The lowest BCUT2D eigenvalue weighted by atomic mass is 10.0. The molecule has 0 saturated heterocycles. The van der Waals surface area contributed by atoms with Crippen molar-refractivity contribution in [1.29, 1.82) is 0 Å². The van der Waals surface area contributed by atoms with Gasteiger partial charge in [-0.15, -0.1) is 0 Å². The van der Waals surface area contributed by atoms with Crippen molar-refractivity contribution in [3.8, 4) is 17.2 Å². The molecule has 3 rings (SSSR count). The average Bonchev–Trinajstić information content (AvgIpc) is 3.08. The predicted molar refractivity (Wildman–Crippen MR) is 73.1 cm³/mol. The van der Waals surface area contributed by atoms with Crippen molar-refractivity contribution in [2.45, 2.75) is 38.2 Å². The third kappa shape index (κ3) is 2.51. The summed E-state index contributed by atoms with van der Waals surface area (Å²) in [6.07, 6.45) is 3.80. The van der Waals surface area contributed by atoms with Crippen molar-refractivity contribution >= 4 is 0 Å². The number of phenolic OH excluding ortho intramolecular Hbond substituents is 1. The first-order chi connectivity index (χ1) is 10.1. The van der Waals surface area contributed by atoms with Crippen LogP contribution in [0.1, 0.15) is 38.4 Å².